The molecule has 0 aromatic carbocycles. The van der Waals surface area contributed by atoms with Crippen LogP contribution in [0.2, 0.25) is 0 Å². The van der Waals surface area contributed by atoms with Crippen LogP contribution in [0.15, 0.2) is 0 Å². The van der Waals surface area contributed by atoms with Crippen molar-refractivity contribution in [1.29, 1.82) is 0 Å². The zero-order chi connectivity index (χ0) is 42.6. The molecule has 0 bridgehead atoms. The van der Waals surface area contributed by atoms with Crippen molar-refractivity contribution in [2.75, 3.05) is 13.2 Å². The average Bonchev–Trinajstić information content (AvgIpc) is 3.22. The number of carbonyl (C=O) groups excluding carboxylic acids is 1. The van der Waals surface area contributed by atoms with E-state index >= 15 is 0 Å². The zero-order valence-corrected chi connectivity index (χ0v) is 37.3. The van der Waals surface area contributed by atoms with Crippen molar-refractivity contribution in [3.05, 3.63) is 0 Å². The van der Waals surface area contributed by atoms with Crippen LogP contribution in [0, 0.1) is 0 Å². The van der Waals surface area contributed by atoms with Crippen LogP contribution in [-0.2, 0) is 14.3 Å². The highest BCUT2D eigenvalue weighted by atomic mass is 16.7. The first-order valence-electron chi connectivity index (χ1n) is 24.4. The quantitative estimate of drug-likeness (QED) is 0.0279. The van der Waals surface area contributed by atoms with Gasteiger partial charge in [0.25, 0.3) is 0 Å². The maximum absolute atomic E-state index is 13.1. The minimum absolute atomic E-state index is 0.266. The SMILES string of the molecule is CCCCCCCCCCCCCCCCCCCCCC[C@H](O)C(=O)N[C@@H](CO[C@@H]1O[C@H](CO)[C@H](O)[C@H](O)[C@H]1O)[C@H](O)[C@H](O)CCCCCCCCCCCCC. The molecular formula is C47H93NO10. The molecule has 1 saturated heterocycles. The Morgan fingerprint density at radius 2 is 0.897 bits per heavy atom. The summed E-state index contributed by atoms with van der Waals surface area (Å²) >= 11 is 0. The van der Waals surface area contributed by atoms with Crippen LogP contribution in [0.4, 0.5) is 0 Å². The molecule has 9 atom stereocenters. The first-order chi connectivity index (χ1) is 28.2. The van der Waals surface area contributed by atoms with Crippen molar-refractivity contribution in [1.82, 2.24) is 5.32 Å². The summed E-state index contributed by atoms with van der Waals surface area (Å²) in [6.45, 7) is 3.44. The highest BCUT2D eigenvalue weighted by Gasteiger charge is 2.44. The lowest BCUT2D eigenvalue weighted by atomic mass is 9.98. The summed E-state index contributed by atoms with van der Waals surface area (Å²) in [6, 6.07) is -1.16. The van der Waals surface area contributed by atoms with Gasteiger partial charge in [0.2, 0.25) is 5.91 Å². The van der Waals surface area contributed by atoms with Gasteiger partial charge in [-0.1, -0.05) is 213 Å². The van der Waals surface area contributed by atoms with Crippen molar-refractivity contribution in [2.24, 2.45) is 0 Å². The Balaban J connectivity index is 2.37. The number of aliphatic hydroxyl groups excluding tert-OH is 7. The zero-order valence-electron chi connectivity index (χ0n) is 37.3. The number of rotatable bonds is 41. The molecule has 1 aliphatic heterocycles. The monoisotopic (exact) mass is 832 g/mol. The average molecular weight is 832 g/mol. The van der Waals surface area contributed by atoms with Gasteiger partial charge in [0.05, 0.1) is 25.4 Å². The normalized spacial score (nSPS) is 21.8. The third-order valence-electron chi connectivity index (χ3n) is 12.2. The molecular weight excluding hydrogens is 739 g/mol. The van der Waals surface area contributed by atoms with E-state index in [0.29, 0.717) is 19.3 Å². The summed E-state index contributed by atoms with van der Waals surface area (Å²) in [7, 11) is 0. The number of aliphatic hydroxyl groups is 7. The van der Waals surface area contributed by atoms with Crippen LogP contribution in [0.3, 0.4) is 0 Å². The highest BCUT2D eigenvalue weighted by molar-refractivity contribution is 5.80. The summed E-state index contributed by atoms with van der Waals surface area (Å²) in [5.74, 6) is -0.693. The fourth-order valence-electron chi connectivity index (χ4n) is 8.09. The minimum Gasteiger partial charge on any atom is -0.394 e. The molecule has 1 heterocycles. The van der Waals surface area contributed by atoms with Gasteiger partial charge in [-0.2, -0.15) is 0 Å². The van der Waals surface area contributed by atoms with Gasteiger partial charge in [-0.15, -0.1) is 0 Å². The van der Waals surface area contributed by atoms with E-state index in [2.05, 4.69) is 19.2 Å². The second-order valence-electron chi connectivity index (χ2n) is 17.5. The largest absolute Gasteiger partial charge is 0.394 e. The van der Waals surface area contributed by atoms with Gasteiger partial charge in [0.1, 0.15) is 36.6 Å². The van der Waals surface area contributed by atoms with Gasteiger partial charge in [0, 0.05) is 0 Å². The fourth-order valence-corrected chi connectivity index (χ4v) is 8.09. The molecule has 0 aromatic heterocycles. The summed E-state index contributed by atoms with van der Waals surface area (Å²) in [5.41, 5.74) is 0. The van der Waals surface area contributed by atoms with E-state index in [9.17, 15) is 40.5 Å². The molecule has 0 spiro atoms. The molecule has 346 valence electrons. The number of amides is 1. The van der Waals surface area contributed by atoms with Crippen molar-refractivity contribution < 1.29 is 50.0 Å². The Labute approximate surface area is 354 Å². The summed E-state index contributed by atoms with van der Waals surface area (Å²) < 4.78 is 11.1. The minimum atomic E-state index is -1.66. The maximum Gasteiger partial charge on any atom is 0.249 e. The Morgan fingerprint density at radius 3 is 1.28 bits per heavy atom. The molecule has 11 heteroatoms. The lowest BCUT2D eigenvalue weighted by molar-refractivity contribution is -0.303. The third-order valence-corrected chi connectivity index (χ3v) is 12.2. The summed E-state index contributed by atoms with van der Waals surface area (Å²) in [5, 5.41) is 75.6. The smallest absolute Gasteiger partial charge is 0.249 e. The second kappa shape index (κ2) is 37.8. The molecule has 1 rings (SSSR count). The van der Waals surface area contributed by atoms with Crippen LogP contribution >= 0.6 is 0 Å². The van der Waals surface area contributed by atoms with Gasteiger partial charge in [-0.25, -0.2) is 0 Å². The van der Waals surface area contributed by atoms with Crippen molar-refractivity contribution >= 4 is 5.91 Å². The molecule has 11 nitrogen and oxygen atoms in total. The Hall–Kier alpha value is -0.890. The van der Waals surface area contributed by atoms with Gasteiger partial charge in [0.15, 0.2) is 6.29 Å². The van der Waals surface area contributed by atoms with Crippen molar-refractivity contribution in [3.8, 4) is 0 Å². The molecule has 8 N–H and O–H groups in total. The van der Waals surface area contributed by atoms with E-state index in [4.69, 9.17) is 9.47 Å². The number of unbranched alkanes of at least 4 members (excludes halogenated alkanes) is 29. The predicted octanol–water partition coefficient (Wildman–Crippen LogP) is 8.28. The Kier molecular flexibility index (Phi) is 36.0. The van der Waals surface area contributed by atoms with E-state index in [1.165, 1.54) is 148 Å². The predicted molar refractivity (Wildman–Crippen MR) is 233 cm³/mol. The highest BCUT2D eigenvalue weighted by Crippen LogP contribution is 2.23. The molecule has 58 heavy (non-hydrogen) atoms. The van der Waals surface area contributed by atoms with Crippen LogP contribution in [-0.4, -0.2) is 110 Å². The second-order valence-corrected chi connectivity index (χ2v) is 17.5. The fraction of sp³-hybridized carbons (Fsp3) is 0.979. The van der Waals surface area contributed by atoms with Gasteiger partial charge < -0.3 is 50.5 Å². The van der Waals surface area contributed by atoms with Gasteiger partial charge >= 0.3 is 0 Å². The molecule has 0 unspecified atom stereocenters. The molecule has 1 amide bonds. The van der Waals surface area contributed by atoms with Crippen LogP contribution < -0.4 is 5.32 Å². The third kappa shape index (κ3) is 27.1. The van der Waals surface area contributed by atoms with E-state index in [-0.39, 0.29) is 6.42 Å². The molecule has 0 aliphatic carbocycles. The first kappa shape index (κ1) is 55.1. The number of ether oxygens (including phenoxy) is 2. The van der Waals surface area contributed by atoms with E-state index in [1.807, 2.05) is 0 Å². The molecule has 1 aliphatic rings. The van der Waals surface area contributed by atoms with E-state index in [1.54, 1.807) is 0 Å². The van der Waals surface area contributed by atoms with Crippen molar-refractivity contribution in [2.45, 2.75) is 281 Å². The number of hydrogen-bond acceptors (Lipinski definition) is 10. The van der Waals surface area contributed by atoms with Crippen LogP contribution in [0.5, 0.6) is 0 Å². The lowest BCUT2D eigenvalue weighted by Crippen LogP contribution is -2.60. The van der Waals surface area contributed by atoms with Crippen LogP contribution in [0.1, 0.15) is 226 Å². The van der Waals surface area contributed by atoms with E-state index in [0.717, 1.165) is 38.5 Å². The van der Waals surface area contributed by atoms with Gasteiger partial charge in [-0.05, 0) is 12.8 Å². The number of carbonyl (C=O) groups is 1. The molecule has 0 saturated carbocycles. The van der Waals surface area contributed by atoms with Gasteiger partial charge in [-0.3, -0.25) is 4.79 Å². The van der Waals surface area contributed by atoms with Crippen molar-refractivity contribution in [3.63, 3.8) is 0 Å². The standard InChI is InChI=1S/C47H93NO10/c1-3-5-7-9-11-13-15-16-17-18-19-20-21-22-23-25-27-29-31-33-35-40(51)46(56)48-38(37-57-47-45(55)44(54)43(53)41(36-49)58-47)42(52)39(50)34-32-30-28-26-24-14-12-10-8-6-4-2/h38-45,47,49-55H,3-37H2,1-2H3,(H,48,56)/t38-,39+,40-,41+,42-,43-,44-,45+,47+/m0/s1. The van der Waals surface area contributed by atoms with E-state index < -0.39 is 74.2 Å². The Morgan fingerprint density at radius 1 is 0.534 bits per heavy atom. The Bertz CT molecular complexity index is 913. The summed E-state index contributed by atoms with van der Waals surface area (Å²) in [4.78, 5) is 13.1. The molecule has 0 aromatic rings. The number of nitrogens with one attached hydrogen (secondary N) is 1. The molecule has 0 radical (unpaired) electrons. The first-order valence-corrected chi connectivity index (χ1v) is 24.4. The van der Waals surface area contributed by atoms with Crippen LogP contribution in [0.25, 0.3) is 0 Å². The maximum atomic E-state index is 13.1. The lowest BCUT2D eigenvalue weighted by Gasteiger charge is -2.40. The molecule has 1 fully saturated rings. The number of hydrogen-bond donors (Lipinski definition) is 8. The summed E-state index contributed by atoms with van der Waals surface area (Å²) in [6.07, 6.45) is 27.3. The topological polar surface area (TPSA) is 189 Å².